The van der Waals surface area contributed by atoms with Gasteiger partial charge in [0.25, 0.3) is 0 Å². The van der Waals surface area contributed by atoms with Gasteiger partial charge >= 0.3 is 0 Å². The van der Waals surface area contributed by atoms with E-state index in [1.54, 1.807) is 24.3 Å². The molecule has 2 aromatic rings. The number of hydrogen-bond donors (Lipinski definition) is 1. The molecule has 2 amide bonds. The van der Waals surface area contributed by atoms with Crippen molar-refractivity contribution >= 4 is 58.4 Å². The molecule has 0 aliphatic carbocycles. The van der Waals surface area contributed by atoms with E-state index >= 15 is 0 Å². The summed E-state index contributed by atoms with van der Waals surface area (Å²) >= 11 is 19.6. The van der Waals surface area contributed by atoms with E-state index in [2.05, 4.69) is 5.32 Å². The van der Waals surface area contributed by atoms with Crippen LogP contribution in [0.4, 0.5) is 4.39 Å². The lowest BCUT2D eigenvalue weighted by atomic mass is 10.1. The molecule has 0 fully saturated rings. The van der Waals surface area contributed by atoms with Gasteiger partial charge in [-0.25, -0.2) is 4.39 Å². The topological polar surface area (TPSA) is 49.4 Å². The van der Waals surface area contributed by atoms with E-state index in [4.69, 9.17) is 34.8 Å². The third kappa shape index (κ3) is 7.55. The van der Waals surface area contributed by atoms with Gasteiger partial charge in [0.2, 0.25) is 11.8 Å². The van der Waals surface area contributed by atoms with E-state index in [0.717, 1.165) is 0 Å². The minimum absolute atomic E-state index is 0.0569. The third-order valence-corrected chi connectivity index (χ3v) is 6.59. The van der Waals surface area contributed by atoms with Crippen molar-refractivity contribution in [1.29, 1.82) is 0 Å². The lowest BCUT2D eigenvalue weighted by molar-refractivity contribution is -0.139. The van der Waals surface area contributed by atoms with E-state index in [0.29, 0.717) is 32.6 Å². The number of hydrogen-bond acceptors (Lipinski definition) is 3. The maximum Gasteiger partial charge on any atom is 0.243 e. The number of halogens is 4. The average Bonchev–Trinajstić information content (AvgIpc) is 2.71. The summed E-state index contributed by atoms with van der Waals surface area (Å²) < 4.78 is 14.0. The van der Waals surface area contributed by atoms with Crippen LogP contribution in [0.3, 0.4) is 0 Å². The normalized spacial score (nSPS) is 12.0. The van der Waals surface area contributed by atoms with Gasteiger partial charge in [0.05, 0.1) is 5.75 Å². The molecule has 0 aromatic heterocycles. The average molecular weight is 520 g/mol. The summed E-state index contributed by atoms with van der Waals surface area (Å²) in [7, 11) is 0. The number of carbonyl (C=O) groups excluding carboxylic acids is 2. The minimum atomic E-state index is -0.672. The molecule has 0 saturated carbocycles. The van der Waals surface area contributed by atoms with Crippen molar-refractivity contribution in [3.63, 3.8) is 0 Å². The molecule has 1 N–H and O–H groups in total. The van der Waals surface area contributed by atoms with E-state index in [9.17, 15) is 14.0 Å². The first kappa shape index (κ1) is 26.8. The summed E-state index contributed by atoms with van der Waals surface area (Å²) in [6.07, 6.45) is 0.430. The Morgan fingerprint density at radius 1 is 1.12 bits per heavy atom. The molecule has 0 bridgehead atoms. The predicted octanol–water partition coefficient (Wildman–Crippen LogP) is 6.35. The fourth-order valence-electron chi connectivity index (χ4n) is 3.13. The molecule has 0 radical (unpaired) electrons. The number of rotatable bonds is 10. The second kappa shape index (κ2) is 12.7. The largest absolute Gasteiger partial charge is 0.352 e. The van der Waals surface area contributed by atoms with Crippen LogP contribution in [0.25, 0.3) is 0 Å². The standard InChI is InChI=1S/C23H26Cl3FN2O2S/c1-4-21(23(31)28-14(2)3)29(11-15-8-9-16(24)10-19(15)26)22(30)13-32-12-17-18(25)6-5-7-20(17)27/h5-10,14,21H,4,11-13H2,1-3H3,(H,28,31). The molecule has 4 nitrogen and oxygen atoms in total. The predicted molar refractivity (Wildman–Crippen MR) is 132 cm³/mol. The number of amides is 2. The molecule has 1 atom stereocenters. The second-order valence-corrected chi connectivity index (χ2v) is 9.77. The van der Waals surface area contributed by atoms with Gasteiger partial charge in [-0.3, -0.25) is 9.59 Å². The summed E-state index contributed by atoms with van der Waals surface area (Å²) in [6.45, 7) is 5.72. The molecule has 2 rings (SSSR count). The maximum atomic E-state index is 14.0. The zero-order chi connectivity index (χ0) is 23.8. The Morgan fingerprint density at radius 2 is 1.84 bits per heavy atom. The van der Waals surface area contributed by atoms with Crippen LogP contribution in [0.1, 0.15) is 38.3 Å². The van der Waals surface area contributed by atoms with Crippen LogP contribution in [0.15, 0.2) is 36.4 Å². The highest BCUT2D eigenvalue weighted by Gasteiger charge is 2.29. The van der Waals surface area contributed by atoms with Gasteiger partial charge in [0.1, 0.15) is 11.9 Å². The highest BCUT2D eigenvalue weighted by Crippen LogP contribution is 2.26. The monoisotopic (exact) mass is 518 g/mol. The fraction of sp³-hybridized carbons (Fsp3) is 0.391. The van der Waals surface area contributed by atoms with Crippen LogP contribution in [0.2, 0.25) is 15.1 Å². The molecule has 0 spiro atoms. The molecule has 0 saturated heterocycles. The van der Waals surface area contributed by atoms with Crippen molar-refractivity contribution in [2.45, 2.75) is 51.6 Å². The van der Waals surface area contributed by atoms with Crippen molar-refractivity contribution in [3.05, 3.63) is 68.4 Å². The Kier molecular flexibility index (Phi) is 10.6. The molecule has 0 aliphatic rings. The van der Waals surface area contributed by atoms with E-state index in [-0.39, 0.29) is 35.9 Å². The van der Waals surface area contributed by atoms with Gasteiger partial charge in [-0.1, -0.05) is 53.9 Å². The third-order valence-electron chi connectivity index (χ3n) is 4.71. The molecule has 9 heteroatoms. The SMILES string of the molecule is CCC(C(=O)NC(C)C)N(Cc1ccc(Cl)cc1Cl)C(=O)CSCc1c(F)cccc1Cl. The van der Waals surface area contributed by atoms with Crippen molar-refractivity contribution in [2.24, 2.45) is 0 Å². The van der Waals surface area contributed by atoms with Crippen molar-refractivity contribution in [1.82, 2.24) is 10.2 Å². The summed E-state index contributed by atoms with van der Waals surface area (Å²) in [5, 5.41) is 4.09. The van der Waals surface area contributed by atoms with E-state index < -0.39 is 11.9 Å². The summed E-state index contributed by atoms with van der Waals surface area (Å²) in [6, 6.07) is 8.78. The van der Waals surface area contributed by atoms with Crippen molar-refractivity contribution in [3.8, 4) is 0 Å². The summed E-state index contributed by atoms with van der Waals surface area (Å²) in [5.74, 6) is -0.601. The van der Waals surface area contributed by atoms with E-state index in [1.165, 1.54) is 28.8 Å². The van der Waals surface area contributed by atoms with Crippen molar-refractivity contribution < 1.29 is 14.0 Å². The van der Waals surface area contributed by atoms with E-state index in [1.807, 2.05) is 20.8 Å². The highest BCUT2D eigenvalue weighted by molar-refractivity contribution is 7.99. The van der Waals surface area contributed by atoms with Crippen LogP contribution < -0.4 is 5.32 Å². The lowest BCUT2D eigenvalue weighted by Crippen LogP contribution is -2.51. The Labute approximate surface area is 207 Å². The minimum Gasteiger partial charge on any atom is -0.352 e. The number of nitrogens with one attached hydrogen (secondary N) is 1. The lowest BCUT2D eigenvalue weighted by Gasteiger charge is -2.31. The van der Waals surface area contributed by atoms with Crippen LogP contribution in [0, 0.1) is 5.82 Å². The van der Waals surface area contributed by atoms with Gasteiger partial charge in [0.15, 0.2) is 0 Å². The molecule has 174 valence electrons. The number of carbonyl (C=O) groups is 2. The molecular formula is C23H26Cl3FN2O2S. The van der Waals surface area contributed by atoms with Crippen LogP contribution in [-0.4, -0.2) is 34.6 Å². The highest BCUT2D eigenvalue weighted by atomic mass is 35.5. The molecule has 0 aliphatic heterocycles. The first-order chi connectivity index (χ1) is 15.1. The maximum absolute atomic E-state index is 14.0. The zero-order valence-corrected chi connectivity index (χ0v) is 21.2. The molecule has 0 heterocycles. The fourth-order valence-corrected chi connectivity index (χ4v) is 4.84. The Balaban J connectivity index is 2.21. The quantitative estimate of drug-likeness (QED) is 0.398. The van der Waals surface area contributed by atoms with Crippen LogP contribution in [0.5, 0.6) is 0 Å². The Bertz CT molecular complexity index is 939. The first-order valence-corrected chi connectivity index (χ1v) is 12.5. The first-order valence-electron chi connectivity index (χ1n) is 10.2. The summed E-state index contributed by atoms with van der Waals surface area (Å²) in [5.41, 5.74) is 1.03. The number of benzene rings is 2. The van der Waals surface area contributed by atoms with Gasteiger partial charge < -0.3 is 10.2 Å². The Morgan fingerprint density at radius 3 is 2.44 bits per heavy atom. The smallest absolute Gasteiger partial charge is 0.243 e. The molecule has 32 heavy (non-hydrogen) atoms. The van der Waals surface area contributed by atoms with Gasteiger partial charge in [0, 0.05) is 39.0 Å². The number of nitrogens with zero attached hydrogens (tertiary/aromatic N) is 1. The van der Waals surface area contributed by atoms with Crippen LogP contribution >= 0.6 is 46.6 Å². The molecule has 1 unspecified atom stereocenters. The molecular weight excluding hydrogens is 494 g/mol. The van der Waals surface area contributed by atoms with Crippen molar-refractivity contribution in [2.75, 3.05) is 5.75 Å². The zero-order valence-electron chi connectivity index (χ0n) is 18.1. The van der Waals surface area contributed by atoms with Gasteiger partial charge in [-0.15, -0.1) is 11.8 Å². The second-order valence-electron chi connectivity index (χ2n) is 7.54. The van der Waals surface area contributed by atoms with Gasteiger partial charge in [-0.05, 0) is 50.1 Å². The number of thioether (sulfide) groups is 1. The molecule has 2 aromatic carbocycles. The van der Waals surface area contributed by atoms with Crippen LogP contribution in [-0.2, 0) is 21.9 Å². The summed E-state index contributed by atoms with van der Waals surface area (Å²) in [4.78, 5) is 27.5. The Hall–Kier alpha value is -1.47. The van der Waals surface area contributed by atoms with Gasteiger partial charge in [-0.2, -0.15) is 0 Å².